The quantitative estimate of drug-likeness (QED) is 0.845. The SMILES string of the molecule is CC(=O)c1cccc(NC(=O)c2ccc(O)cc2F)c1. The summed E-state index contributed by atoms with van der Waals surface area (Å²) >= 11 is 0. The molecule has 0 aliphatic carbocycles. The van der Waals surface area contributed by atoms with Crippen molar-refractivity contribution >= 4 is 17.4 Å². The van der Waals surface area contributed by atoms with E-state index in [0.717, 1.165) is 6.07 Å². The highest BCUT2D eigenvalue weighted by molar-refractivity contribution is 6.05. The Morgan fingerprint density at radius 2 is 1.90 bits per heavy atom. The van der Waals surface area contributed by atoms with Crippen LogP contribution in [0.5, 0.6) is 5.75 Å². The van der Waals surface area contributed by atoms with Crippen molar-refractivity contribution < 1.29 is 19.1 Å². The number of Topliss-reactive ketones (excluding diaryl/α,β-unsaturated/α-hetero) is 1. The molecule has 0 aromatic heterocycles. The van der Waals surface area contributed by atoms with E-state index in [-0.39, 0.29) is 17.1 Å². The Morgan fingerprint density at radius 3 is 2.55 bits per heavy atom. The number of phenols is 1. The maximum atomic E-state index is 13.5. The highest BCUT2D eigenvalue weighted by atomic mass is 19.1. The molecule has 0 fully saturated rings. The summed E-state index contributed by atoms with van der Waals surface area (Å²) in [6, 6.07) is 9.64. The molecule has 1 amide bonds. The first-order valence-corrected chi connectivity index (χ1v) is 5.88. The zero-order valence-electron chi connectivity index (χ0n) is 10.7. The van der Waals surface area contributed by atoms with Crippen LogP contribution in [0.2, 0.25) is 0 Å². The Labute approximate surface area is 114 Å². The second-order valence-corrected chi connectivity index (χ2v) is 4.26. The van der Waals surface area contributed by atoms with E-state index in [1.165, 1.54) is 25.1 Å². The van der Waals surface area contributed by atoms with E-state index in [9.17, 15) is 14.0 Å². The van der Waals surface area contributed by atoms with Crippen LogP contribution in [0.4, 0.5) is 10.1 Å². The number of hydrogen-bond acceptors (Lipinski definition) is 3. The predicted molar refractivity (Wildman–Crippen MR) is 72.5 cm³/mol. The first-order valence-electron chi connectivity index (χ1n) is 5.88. The third-order valence-corrected chi connectivity index (χ3v) is 2.72. The van der Waals surface area contributed by atoms with Crippen molar-refractivity contribution in [3.63, 3.8) is 0 Å². The predicted octanol–water partition coefficient (Wildman–Crippen LogP) is 2.99. The van der Waals surface area contributed by atoms with Crippen LogP contribution in [-0.2, 0) is 0 Å². The van der Waals surface area contributed by atoms with E-state index >= 15 is 0 Å². The Morgan fingerprint density at radius 1 is 1.15 bits per heavy atom. The monoisotopic (exact) mass is 273 g/mol. The average molecular weight is 273 g/mol. The van der Waals surface area contributed by atoms with Crippen molar-refractivity contribution in [1.82, 2.24) is 0 Å². The molecule has 20 heavy (non-hydrogen) atoms. The summed E-state index contributed by atoms with van der Waals surface area (Å²) < 4.78 is 13.5. The highest BCUT2D eigenvalue weighted by Gasteiger charge is 2.12. The molecule has 102 valence electrons. The van der Waals surface area contributed by atoms with Gasteiger partial charge in [-0.15, -0.1) is 0 Å². The van der Waals surface area contributed by atoms with Gasteiger partial charge in [0.25, 0.3) is 5.91 Å². The van der Waals surface area contributed by atoms with Crippen molar-refractivity contribution in [2.24, 2.45) is 0 Å². The molecule has 0 heterocycles. The first kappa shape index (κ1) is 13.7. The molecule has 0 saturated carbocycles. The molecule has 0 bridgehead atoms. The molecule has 0 aliphatic rings. The third kappa shape index (κ3) is 3.00. The largest absolute Gasteiger partial charge is 0.508 e. The number of amides is 1. The zero-order chi connectivity index (χ0) is 14.7. The number of phenolic OH excluding ortho intramolecular Hbond substituents is 1. The maximum Gasteiger partial charge on any atom is 0.258 e. The summed E-state index contributed by atoms with van der Waals surface area (Å²) in [6.45, 7) is 1.42. The van der Waals surface area contributed by atoms with Crippen LogP contribution in [0.15, 0.2) is 42.5 Å². The van der Waals surface area contributed by atoms with Crippen LogP contribution >= 0.6 is 0 Å². The van der Waals surface area contributed by atoms with Gasteiger partial charge in [0.2, 0.25) is 0 Å². The normalized spacial score (nSPS) is 10.1. The molecule has 2 rings (SSSR count). The summed E-state index contributed by atoms with van der Waals surface area (Å²) in [5.41, 5.74) is 0.667. The second kappa shape index (κ2) is 5.52. The Hall–Kier alpha value is -2.69. The van der Waals surface area contributed by atoms with Gasteiger partial charge >= 0.3 is 0 Å². The number of rotatable bonds is 3. The van der Waals surface area contributed by atoms with Crippen LogP contribution in [0, 0.1) is 5.82 Å². The molecule has 2 N–H and O–H groups in total. The lowest BCUT2D eigenvalue weighted by atomic mass is 10.1. The molecule has 0 aliphatic heterocycles. The van der Waals surface area contributed by atoms with E-state index in [1.54, 1.807) is 18.2 Å². The number of ketones is 1. The topological polar surface area (TPSA) is 66.4 Å². The lowest BCUT2D eigenvalue weighted by molar-refractivity contribution is 0.100. The van der Waals surface area contributed by atoms with Crippen molar-refractivity contribution in [1.29, 1.82) is 0 Å². The van der Waals surface area contributed by atoms with Gasteiger partial charge in [-0.25, -0.2) is 4.39 Å². The molecule has 2 aromatic carbocycles. The van der Waals surface area contributed by atoms with E-state index in [2.05, 4.69) is 5.32 Å². The van der Waals surface area contributed by atoms with Gasteiger partial charge in [-0.3, -0.25) is 9.59 Å². The fourth-order valence-corrected chi connectivity index (χ4v) is 1.70. The molecular weight excluding hydrogens is 261 g/mol. The summed E-state index contributed by atoms with van der Waals surface area (Å²) in [7, 11) is 0. The van der Waals surface area contributed by atoms with Gasteiger partial charge in [0.05, 0.1) is 5.56 Å². The summed E-state index contributed by atoms with van der Waals surface area (Å²) in [5, 5.41) is 11.6. The standard InChI is InChI=1S/C15H12FNO3/c1-9(18)10-3-2-4-11(7-10)17-15(20)13-6-5-12(19)8-14(13)16/h2-8,19H,1H3,(H,17,20). The van der Waals surface area contributed by atoms with Gasteiger partial charge in [-0.1, -0.05) is 12.1 Å². The molecule has 0 unspecified atom stereocenters. The number of aromatic hydroxyl groups is 1. The Bertz CT molecular complexity index is 683. The minimum atomic E-state index is -0.815. The number of carbonyl (C=O) groups excluding carboxylic acids is 2. The van der Waals surface area contributed by atoms with Gasteiger partial charge in [0.1, 0.15) is 11.6 Å². The van der Waals surface area contributed by atoms with Crippen LogP contribution in [0.25, 0.3) is 0 Å². The van der Waals surface area contributed by atoms with Crippen LogP contribution in [0.3, 0.4) is 0 Å². The number of benzene rings is 2. The maximum absolute atomic E-state index is 13.5. The molecule has 0 radical (unpaired) electrons. The number of carbonyl (C=O) groups is 2. The minimum Gasteiger partial charge on any atom is -0.508 e. The van der Waals surface area contributed by atoms with E-state index in [0.29, 0.717) is 11.3 Å². The Balaban J connectivity index is 2.23. The lowest BCUT2D eigenvalue weighted by Crippen LogP contribution is -2.14. The molecule has 5 heteroatoms. The van der Waals surface area contributed by atoms with E-state index < -0.39 is 11.7 Å². The number of halogens is 1. The van der Waals surface area contributed by atoms with Crippen LogP contribution < -0.4 is 5.32 Å². The van der Waals surface area contributed by atoms with Gasteiger partial charge < -0.3 is 10.4 Å². The molecule has 4 nitrogen and oxygen atoms in total. The highest BCUT2D eigenvalue weighted by Crippen LogP contribution is 2.17. The zero-order valence-corrected chi connectivity index (χ0v) is 10.7. The van der Waals surface area contributed by atoms with Gasteiger partial charge in [0, 0.05) is 17.3 Å². The fraction of sp³-hybridized carbons (Fsp3) is 0.0667. The average Bonchev–Trinajstić information content (AvgIpc) is 2.38. The molecule has 0 spiro atoms. The number of anilines is 1. The fourth-order valence-electron chi connectivity index (χ4n) is 1.70. The molecule has 0 atom stereocenters. The Kier molecular flexibility index (Phi) is 3.79. The smallest absolute Gasteiger partial charge is 0.258 e. The van der Waals surface area contributed by atoms with Crippen molar-refractivity contribution in [3.05, 3.63) is 59.4 Å². The molecule has 2 aromatic rings. The minimum absolute atomic E-state index is 0.128. The van der Waals surface area contributed by atoms with E-state index in [4.69, 9.17) is 5.11 Å². The summed E-state index contributed by atoms with van der Waals surface area (Å²) in [4.78, 5) is 23.2. The third-order valence-electron chi connectivity index (χ3n) is 2.72. The van der Waals surface area contributed by atoms with Gasteiger partial charge in [-0.2, -0.15) is 0 Å². The first-order chi connectivity index (χ1) is 9.47. The van der Waals surface area contributed by atoms with Crippen LogP contribution in [0.1, 0.15) is 27.6 Å². The van der Waals surface area contributed by atoms with Crippen LogP contribution in [-0.4, -0.2) is 16.8 Å². The van der Waals surface area contributed by atoms with Crippen molar-refractivity contribution in [3.8, 4) is 5.75 Å². The molecular formula is C15H12FNO3. The van der Waals surface area contributed by atoms with Gasteiger partial charge in [0.15, 0.2) is 5.78 Å². The summed E-state index contributed by atoms with van der Waals surface area (Å²) in [5.74, 6) is -1.84. The number of hydrogen-bond donors (Lipinski definition) is 2. The number of nitrogens with one attached hydrogen (secondary N) is 1. The van der Waals surface area contributed by atoms with Crippen molar-refractivity contribution in [2.75, 3.05) is 5.32 Å². The lowest BCUT2D eigenvalue weighted by Gasteiger charge is -2.07. The molecule has 0 saturated heterocycles. The summed E-state index contributed by atoms with van der Waals surface area (Å²) in [6.07, 6.45) is 0. The van der Waals surface area contributed by atoms with Crippen molar-refractivity contribution in [2.45, 2.75) is 6.92 Å². The second-order valence-electron chi connectivity index (χ2n) is 4.26. The van der Waals surface area contributed by atoms with Gasteiger partial charge in [-0.05, 0) is 31.2 Å². The van der Waals surface area contributed by atoms with E-state index in [1.807, 2.05) is 0 Å².